The van der Waals surface area contributed by atoms with Crippen LogP contribution in [-0.2, 0) is 33.4 Å². The maximum Gasteiger partial charge on any atom is 0.337 e. The third-order valence-corrected chi connectivity index (χ3v) is 5.01. The average molecular weight is 459 g/mol. The Balaban J connectivity index is 2.22. The van der Waals surface area contributed by atoms with Crippen molar-refractivity contribution in [1.29, 1.82) is 0 Å². The molecule has 0 bridgehead atoms. The van der Waals surface area contributed by atoms with Crippen LogP contribution in [0.3, 0.4) is 0 Å². The first-order chi connectivity index (χ1) is 15.7. The smallest absolute Gasteiger partial charge is 0.337 e. The van der Waals surface area contributed by atoms with Gasteiger partial charge in [-0.05, 0) is 40.2 Å². The fraction of sp³-hybridized carbons (Fsp3) is 0.417. The molecule has 0 spiro atoms. The Morgan fingerprint density at radius 2 is 1.42 bits per heavy atom. The van der Waals surface area contributed by atoms with E-state index in [1.807, 2.05) is 30.3 Å². The third-order valence-electron chi connectivity index (χ3n) is 5.01. The fourth-order valence-electron chi connectivity index (χ4n) is 3.52. The van der Waals surface area contributed by atoms with E-state index >= 15 is 0 Å². The highest BCUT2D eigenvalue weighted by atomic mass is 16.5. The van der Waals surface area contributed by atoms with E-state index in [2.05, 4.69) is 10.6 Å². The molecule has 2 N–H and O–H groups in total. The predicted molar refractivity (Wildman–Crippen MR) is 119 cm³/mol. The molecule has 1 atom stereocenters. The summed E-state index contributed by atoms with van der Waals surface area (Å²) in [6.45, 7) is 7.82. The van der Waals surface area contributed by atoms with Crippen LogP contribution in [0, 0.1) is 5.92 Å². The SMILES string of the molecule is CCOC(=O)C1=C(C)NC(C)=C(C(=O)OCC)C1C(=O)OCC(=O)N[C@@H](C)c1ccccc1. The molecule has 1 aromatic rings. The van der Waals surface area contributed by atoms with Gasteiger partial charge in [0.25, 0.3) is 5.91 Å². The molecule has 0 saturated carbocycles. The lowest BCUT2D eigenvalue weighted by Crippen LogP contribution is -2.39. The molecule has 1 heterocycles. The Morgan fingerprint density at radius 1 is 0.909 bits per heavy atom. The molecule has 0 aliphatic carbocycles. The van der Waals surface area contributed by atoms with E-state index in [4.69, 9.17) is 14.2 Å². The van der Waals surface area contributed by atoms with Crippen LogP contribution < -0.4 is 10.6 Å². The van der Waals surface area contributed by atoms with Crippen molar-refractivity contribution >= 4 is 23.8 Å². The van der Waals surface area contributed by atoms with Crippen molar-refractivity contribution in [2.24, 2.45) is 5.92 Å². The fourth-order valence-corrected chi connectivity index (χ4v) is 3.52. The highest BCUT2D eigenvalue weighted by molar-refractivity contribution is 6.05. The van der Waals surface area contributed by atoms with Crippen molar-refractivity contribution in [2.75, 3.05) is 19.8 Å². The number of allylic oxidation sites excluding steroid dienone is 2. The Morgan fingerprint density at radius 3 is 1.91 bits per heavy atom. The summed E-state index contributed by atoms with van der Waals surface area (Å²) in [7, 11) is 0. The summed E-state index contributed by atoms with van der Waals surface area (Å²) in [5.41, 5.74) is 1.47. The van der Waals surface area contributed by atoms with Gasteiger partial charge in [0.1, 0.15) is 5.92 Å². The van der Waals surface area contributed by atoms with Gasteiger partial charge in [-0.3, -0.25) is 9.59 Å². The molecule has 9 nitrogen and oxygen atoms in total. The number of rotatable bonds is 9. The van der Waals surface area contributed by atoms with E-state index in [1.54, 1.807) is 34.6 Å². The molecule has 33 heavy (non-hydrogen) atoms. The summed E-state index contributed by atoms with van der Waals surface area (Å²) in [5.74, 6) is -4.36. The number of amides is 1. The second-order valence-electron chi connectivity index (χ2n) is 7.38. The maximum atomic E-state index is 13.1. The lowest BCUT2D eigenvalue weighted by molar-refractivity contribution is -0.154. The molecule has 178 valence electrons. The highest BCUT2D eigenvalue weighted by Crippen LogP contribution is 2.32. The molecule has 0 radical (unpaired) electrons. The Labute approximate surface area is 193 Å². The Kier molecular flexibility index (Phi) is 9.20. The maximum absolute atomic E-state index is 13.1. The van der Waals surface area contributed by atoms with Crippen LogP contribution in [-0.4, -0.2) is 43.6 Å². The molecule has 2 rings (SSSR count). The number of carbonyl (C=O) groups is 4. The van der Waals surface area contributed by atoms with Crippen LogP contribution in [0.15, 0.2) is 52.9 Å². The summed E-state index contributed by atoms with van der Waals surface area (Å²) < 4.78 is 15.4. The van der Waals surface area contributed by atoms with Crippen molar-refractivity contribution in [3.8, 4) is 0 Å². The van der Waals surface area contributed by atoms with E-state index in [1.165, 1.54) is 0 Å². The number of hydrogen-bond donors (Lipinski definition) is 2. The summed E-state index contributed by atoms with van der Waals surface area (Å²) in [4.78, 5) is 50.7. The minimum Gasteiger partial charge on any atom is -0.463 e. The molecule has 9 heteroatoms. The normalized spacial score (nSPS) is 14.8. The first kappa shape index (κ1) is 25.6. The Bertz CT molecular complexity index is 926. The van der Waals surface area contributed by atoms with Gasteiger partial charge in [0.15, 0.2) is 6.61 Å². The zero-order valence-corrected chi connectivity index (χ0v) is 19.5. The largest absolute Gasteiger partial charge is 0.463 e. The van der Waals surface area contributed by atoms with Crippen LogP contribution in [0.4, 0.5) is 0 Å². The summed E-state index contributed by atoms with van der Waals surface area (Å²) in [6, 6.07) is 9.00. The van der Waals surface area contributed by atoms with Crippen molar-refractivity contribution in [3.63, 3.8) is 0 Å². The van der Waals surface area contributed by atoms with Gasteiger partial charge in [0.2, 0.25) is 0 Å². The number of ether oxygens (including phenoxy) is 3. The molecule has 0 aromatic heterocycles. The van der Waals surface area contributed by atoms with Gasteiger partial charge in [-0.25, -0.2) is 9.59 Å². The molecule has 1 amide bonds. The van der Waals surface area contributed by atoms with Crippen LogP contribution >= 0.6 is 0 Å². The third kappa shape index (κ3) is 6.44. The van der Waals surface area contributed by atoms with Crippen molar-refractivity contribution in [2.45, 2.75) is 40.7 Å². The zero-order chi connectivity index (χ0) is 24.5. The minimum atomic E-state index is -1.39. The number of hydrogen-bond acceptors (Lipinski definition) is 8. The van der Waals surface area contributed by atoms with Crippen LogP contribution in [0.2, 0.25) is 0 Å². The van der Waals surface area contributed by atoms with E-state index in [-0.39, 0.29) is 30.4 Å². The van der Waals surface area contributed by atoms with Gasteiger partial charge < -0.3 is 24.8 Å². The first-order valence-corrected chi connectivity index (χ1v) is 10.7. The van der Waals surface area contributed by atoms with Crippen molar-refractivity contribution in [3.05, 3.63) is 58.4 Å². The molecule has 0 unspecified atom stereocenters. The zero-order valence-electron chi connectivity index (χ0n) is 19.5. The summed E-state index contributed by atoms with van der Waals surface area (Å²) in [6.07, 6.45) is 0. The molecule has 0 saturated heterocycles. The summed E-state index contributed by atoms with van der Waals surface area (Å²) in [5, 5.41) is 5.67. The van der Waals surface area contributed by atoms with Crippen LogP contribution in [0.5, 0.6) is 0 Å². The van der Waals surface area contributed by atoms with Gasteiger partial charge in [0.05, 0.1) is 30.4 Å². The number of dihydropyridines is 1. The van der Waals surface area contributed by atoms with Gasteiger partial charge in [-0.2, -0.15) is 0 Å². The standard InChI is InChI=1S/C24H30N2O7/c1-6-31-22(28)19-15(4)25-16(5)20(23(29)32-7-2)21(19)24(30)33-13-18(27)26-14(3)17-11-9-8-10-12-17/h8-12,14,21,25H,6-7,13H2,1-5H3,(H,26,27)/t14-/m0/s1. The van der Waals surface area contributed by atoms with Crippen molar-refractivity contribution in [1.82, 2.24) is 10.6 Å². The molecule has 1 aliphatic heterocycles. The predicted octanol–water partition coefficient (Wildman–Crippen LogP) is 2.30. The lowest BCUT2D eigenvalue weighted by atomic mass is 9.85. The number of nitrogens with one attached hydrogen (secondary N) is 2. The monoisotopic (exact) mass is 458 g/mol. The second-order valence-corrected chi connectivity index (χ2v) is 7.38. The van der Waals surface area contributed by atoms with Gasteiger partial charge >= 0.3 is 17.9 Å². The van der Waals surface area contributed by atoms with Gasteiger partial charge in [-0.15, -0.1) is 0 Å². The number of carbonyl (C=O) groups excluding carboxylic acids is 4. The number of esters is 3. The van der Waals surface area contributed by atoms with Gasteiger partial charge in [-0.1, -0.05) is 30.3 Å². The number of benzene rings is 1. The molecule has 1 aliphatic rings. The minimum absolute atomic E-state index is 0.0615. The molecular weight excluding hydrogens is 428 g/mol. The van der Waals surface area contributed by atoms with E-state index < -0.39 is 36.3 Å². The molecule has 0 fully saturated rings. The van der Waals surface area contributed by atoms with Crippen LogP contribution in [0.1, 0.15) is 46.2 Å². The van der Waals surface area contributed by atoms with Gasteiger partial charge in [0, 0.05) is 11.4 Å². The van der Waals surface area contributed by atoms with Crippen molar-refractivity contribution < 1.29 is 33.4 Å². The average Bonchev–Trinajstić information content (AvgIpc) is 2.77. The topological polar surface area (TPSA) is 120 Å². The van der Waals surface area contributed by atoms with E-state index in [0.717, 1.165) is 5.56 Å². The molecule has 1 aromatic carbocycles. The quantitative estimate of drug-likeness (QED) is 0.427. The lowest BCUT2D eigenvalue weighted by Gasteiger charge is -2.28. The van der Waals surface area contributed by atoms with E-state index in [0.29, 0.717) is 11.4 Å². The second kappa shape index (κ2) is 11.8. The summed E-state index contributed by atoms with van der Waals surface area (Å²) >= 11 is 0. The highest BCUT2D eigenvalue weighted by Gasteiger charge is 2.42. The van der Waals surface area contributed by atoms with Crippen LogP contribution in [0.25, 0.3) is 0 Å². The molecular formula is C24H30N2O7. The first-order valence-electron chi connectivity index (χ1n) is 10.7. The Hall–Kier alpha value is -3.62. The van der Waals surface area contributed by atoms with E-state index in [9.17, 15) is 19.2 Å².